The zero-order valence-electron chi connectivity index (χ0n) is 9.84. The molecule has 0 bridgehead atoms. The van der Waals surface area contributed by atoms with Gasteiger partial charge in [0, 0.05) is 18.0 Å². The first-order valence-electron chi connectivity index (χ1n) is 5.32. The van der Waals surface area contributed by atoms with Crippen LogP contribution in [0.4, 0.5) is 0 Å². The van der Waals surface area contributed by atoms with E-state index in [4.69, 9.17) is 5.73 Å². The van der Waals surface area contributed by atoms with Crippen molar-refractivity contribution in [3.8, 4) is 0 Å². The summed E-state index contributed by atoms with van der Waals surface area (Å²) in [6.07, 6.45) is 0. The fourth-order valence-corrected chi connectivity index (χ4v) is 5.02. The van der Waals surface area contributed by atoms with Gasteiger partial charge in [-0.15, -0.1) is 11.3 Å². The van der Waals surface area contributed by atoms with Crippen molar-refractivity contribution in [3.63, 3.8) is 0 Å². The first-order valence-corrected chi connectivity index (χ1v) is 8.63. The van der Waals surface area contributed by atoms with E-state index in [0.717, 1.165) is 11.1 Å². The predicted molar refractivity (Wildman–Crippen MR) is 75.3 cm³/mol. The van der Waals surface area contributed by atoms with E-state index < -0.39 is 10.0 Å². The molecule has 0 aliphatic rings. The molecule has 0 atom stereocenters. The molecule has 18 heavy (non-hydrogen) atoms. The Morgan fingerprint density at radius 3 is 2.78 bits per heavy atom. The first kappa shape index (κ1) is 13.7. The van der Waals surface area contributed by atoms with Crippen LogP contribution in [-0.4, -0.2) is 8.42 Å². The molecule has 4 nitrogen and oxygen atoms in total. The smallest absolute Gasteiger partial charge is 0.242 e. The molecule has 2 aromatic rings. The van der Waals surface area contributed by atoms with Crippen LogP contribution in [0.25, 0.3) is 0 Å². The van der Waals surface area contributed by atoms with Gasteiger partial charge in [-0.05, 0) is 40.3 Å². The monoisotopic (exact) mass is 302 g/mol. The fourth-order valence-electron chi connectivity index (χ4n) is 1.63. The summed E-state index contributed by atoms with van der Waals surface area (Å²) in [7, 11) is -3.48. The van der Waals surface area contributed by atoms with Crippen molar-refractivity contribution in [2.45, 2.75) is 24.9 Å². The minimum atomic E-state index is -3.48. The van der Waals surface area contributed by atoms with Crippen molar-refractivity contribution in [3.05, 3.63) is 38.2 Å². The zero-order valence-corrected chi connectivity index (χ0v) is 12.3. The van der Waals surface area contributed by atoms with E-state index in [9.17, 15) is 8.42 Å². The molecule has 0 amide bonds. The van der Waals surface area contributed by atoms with Crippen LogP contribution >= 0.6 is 22.7 Å². The average molecular weight is 302 g/mol. The third kappa shape index (κ3) is 2.81. The summed E-state index contributed by atoms with van der Waals surface area (Å²) in [5.41, 5.74) is 7.28. The maximum atomic E-state index is 12.2. The van der Waals surface area contributed by atoms with Crippen LogP contribution < -0.4 is 10.5 Å². The maximum absolute atomic E-state index is 12.2. The lowest BCUT2D eigenvalue weighted by Crippen LogP contribution is -2.24. The van der Waals surface area contributed by atoms with Gasteiger partial charge in [-0.2, -0.15) is 11.3 Å². The summed E-state index contributed by atoms with van der Waals surface area (Å²) in [5, 5.41) is 5.67. The summed E-state index contributed by atoms with van der Waals surface area (Å²) in [5.74, 6) is 0. The normalized spacial score (nSPS) is 11.9. The van der Waals surface area contributed by atoms with E-state index >= 15 is 0 Å². The highest BCUT2D eigenvalue weighted by Crippen LogP contribution is 2.26. The molecule has 2 heterocycles. The maximum Gasteiger partial charge on any atom is 0.242 e. The lowest BCUT2D eigenvalue weighted by molar-refractivity contribution is 0.580. The van der Waals surface area contributed by atoms with Gasteiger partial charge in [0.15, 0.2) is 0 Å². The van der Waals surface area contributed by atoms with Crippen LogP contribution in [0.3, 0.4) is 0 Å². The molecule has 0 aromatic carbocycles. The summed E-state index contributed by atoms with van der Waals surface area (Å²) < 4.78 is 27.1. The molecular weight excluding hydrogens is 288 g/mol. The summed E-state index contributed by atoms with van der Waals surface area (Å²) in [4.78, 5) is 1.04. The van der Waals surface area contributed by atoms with Crippen LogP contribution in [0.2, 0.25) is 0 Å². The van der Waals surface area contributed by atoms with E-state index in [2.05, 4.69) is 4.72 Å². The van der Waals surface area contributed by atoms with Crippen LogP contribution in [0.5, 0.6) is 0 Å². The largest absolute Gasteiger partial charge is 0.326 e. The SMILES string of the molecule is Cc1csc(CN)c1S(=O)(=O)NCc1ccsc1. The van der Waals surface area contributed by atoms with Crippen molar-refractivity contribution in [1.29, 1.82) is 0 Å². The Hall–Kier alpha value is -0.730. The molecule has 0 aliphatic carbocycles. The summed E-state index contributed by atoms with van der Waals surface area (Å²) in [6, 6.07) is 1.90. The standard InChI is InChI=1S/C11H14N2O2S3/c1-8-6-17-10(4-12)11(8)18(14,15)13-5-9-2-3-16-7-9/h2-3,6-7,13H,4-5,12H2,1H3. The quantitative estimate of drug-likeness (QED) is 0.888. The molecule has 2 rings (SSSR count). The van der Waals surface area contributed by atoms with Crippen molar-refractivity contribution in [2.24, 2.45) is 5.73 Å². The lowest BCUT2D eigenvalue weighted by Gasteiger charge is -2.07. The van der Waals surface area contributed by atoms with E-state index in [-0.39, 0.29) is 6.54 Å². The molecule has 3 N–H and O–H groups in total. The molecule has 0 radical (unpaired) electrons. The molecule has 0 saturated carbocycles. The van der Waals surface area contributed by atoms with Crippen LogP contribution in [0, 0.1) is 6.92 Å². The molecule has 2 aromatic heterocycles. The van der Waals surface area contributed by atoms with Crippen molar-refractivity contribution in [2.75, 3.05) is 0 Å². The number of hydrogen-bond acceptors (Lipinski definition) is 5. The Morgan fingerprint density at radius 1 is 1.39 bits per heavy atom. The number of thiophene rings is 2. The highest BCUT2D eigenvalue weighted by molar-refractivity contribution is 7.89. The number of sulfonamides is 1. The second kappa shape index (κ2) is 5.50. The number of aryl methyl sites for hydroxylation is 1. The molecule has 0 unspecified atom stereocenters. The molecule has 7 heteroatoms. The topological polar surface area (TPSA) is 72.2 Å². The fraction of sp³-hybridized carbons (Fsp3) is 0.273. The van der Waals surface area contributed by atoms with E-state index in [1.165, 1.54) is 11.3 Å². The minimum absolute atomic E-state index is 0.243. The summed E-state index contributed by atoms with van der Waals surface area (Å²) >= 11 is 2.93. The summed E-state index contributed by atoms with van der Waals surface area (Å²) in [6.45, 7) is 2.34. The van der Waals surface area contributed by atoms with Crippen molar-refractivity contribution >= 4 is 32.7 Å². The number of nitrogens with two attached hydrogens (primary N) is 1. The van der Waals surface area contributed by atoms with Gasteiger partial charge in [0.2, 0.25) is 10.0 Å². The predicted octanol–water partition coefficient (Wildman–Crippen LogP) is 2.06. The first-order chi connectivity index (χ1) is 8.54. The molecule has 0 aliphatic heterocycles. The number of hydrogen-bond donors (Lipinski definition) is 2. The minimum Gasteiger partial charge on any atom is -0.326 e. The molecule has 0 saturated heterocycles. The van der Waals surface area contributed by atoms with E-state index in [0.29, 0.717) is 16.3 Å². The Balaban J connectivity index is 2.22. The van der Waals surface area contributed by atoms with Gasteiger partial charge in [-0.1, -0.05) is 0 Å². The highest BCUT2D eigenvalue weighted by Gasteiger charge is 2.21. The average Bonchev–Trinajstić information content (AvgIpc) is 2.95. The Labute approximate surface area is 115 Å². The van der Waals surface area contributed by atoms with E-state index in [1.54, 1.807) is 18.3 Å². The molecule has 0 fully saturated rings. The third-order valence-electron chi connectivity index (χ3n) is 2.49. The van der Waals surface area contributed by atoms with Crippen molar-refractivity contribution < 1.29 is 8.42 Å². The highest BCUT2D eigenvalue weighted by atomic mass is 32.2. The van der Waals surface area contributed by atoms with Crippen LogP contribution in [0.1, 0.15) is 16.0 Å². The van der Waals surface area contributed by atoms with E-state index in [1.807, 2.05) is 22.2 Å². The van der Waals surface area contributed by atoms with Crippen molar-refractivity contribution in [1.82, 2.24) is 4.72 Å². The Morgan fingerprint density at radius 2 is 2.17 bits per heavy atom. The van der Waals surface area contributed by atoms with Gasteiger partial charge >= 0.3 is 0 Å². The molecule has 98 valence electrons. The van der Waals surface area contributed by atoms with Gasteiger partial charge in [0.1, 0.15) is 4.90 Å². The van der Waals surface area contributed by atoms with Gasteiger partial charge in [0.05, 0.1) is 0 Å². The van der Waals surface area contributed by atoms with Gasteiger partial charge in [-0.3, -0.25) is 0 Å². The van der Waals surface area contributed by atoms with Gasteiger partial charge in [0.25, 0.3) is 0 Å². The zero-order chi connectivity index (χ0) is 13.2. The Bertz CT molecular complexity index is 615. The van der Waals surface area contributed by atoms with Crippen LogP contribution in [0.15, 0.2) is 27.1 Å². The van der Waals surface area contributed by atoms with Gasteiger partial charge in [-0.25, -0.2) is 13.1 Å². The Kier molecular flexibility index (Phi) is 4.18. The number of rotatable bonds is 5. The second-order valence-corrected chi connectivity index (χ2v) is 7.28. The third-order valence-corrected chi connectivity index (χ3v) is 6.11. The molecular formula is C11H14N2O2S3. The second-order valence-electron chi connectivity index (χ2n) is 3.83. The van der Waals surface area contributed by atoms with Crippen LogP contribution in [-0.2, 0) is 23.1 Å². The lowest BCUT2D eigenvalue weighted by atomic mass is 10.3. The van der Waals surface area contributed by atoms with Gasteiger partial charge < -0.3 is 5.73 Å². The number of nitrogens with one attached hydrogen (secondary N) is 1. The molecule has 0 spiro atoms.